The number of nitrogen functional groups attached to an aromatic ring is 1. The highest BCUT2D eigenvalue weighted by atomic mass is 19.1. The molecule has 1 atom stereocenters. The van der Waals surface area contributed by atoms with Crippen molar-refractivity contribution < 1.29 is 4.39 Å². The van der Waals surface area contributed by atoms with Crippen molar-refractivity contribution in [1.29, 1.82) is 0 Å². The van der Waals surface area contributed by atoms with Gasteiger partial charge in [-0.05, 0) is 6.92 Å². The van der Waals surface area contributed by atoms with E-state index in [1.165, 1.54) is 6.33 Å². The number of nitrogens with zero attached hydrogens (tertiary/aromatic N) is 3. The first-order valence-electron chi connectivity index (χ1n) is 5.59. The minimum Gasteiger partial charge on any atom is -0.368 e. The monoisotopic (exact) mass is 247 g/mol. The average Bonchev–Trinajstić information content (AvgIpc) is 2.54. The molecule has 0 saturated heterocycles. The summed E-state index contributed by atoms with van der Waals surface area (Å²) < 4.78 is 13.8. The molecule has 1 aromatic heterocycles. The molecule has 0 aliphatic heterocycles. The number of nitrogens with one attached hydrogen (secondary N) is 1. The summed E-state index contributed by atoms with van der Waals surface area (Å²) in [6.07, 6.45) is 8.75. The van der Waals surface area contributed by atoms with Crippen molar-refractivity contribution in [2.75, 3.05) is 11.1 Å². The molecule has 0 bridgehead atoms. The Morgan fingerprint density at radius 1 is 1.39 bits per heavy atom. The van der Waals surface area contributed by atoms with Gasteiger partial charge in [0.2, 0.25) is 11.9 Å². The van der Waals surface area contributed by atoms with E-state index in [1.807, 2.05) is 19.1 Å². The summed E-state index contributed by atoms with van der Waals surface area (Å²) in [4.78, 5) is 11.5. The normalized spacial score (nSPS) is 16.6. The van der Waals surface area contributed by atoms with Crippen molar-refractivity contribution in [3.05, 3.63) is 42.0 Å². The maximum atomic E-state index is 13.8. The van der Waals surface area contributed by atoms with E-state index in [0.29, 0.717) is 17.9 Å². The molecule has 1 unspecified atom stereocenters. The predicted octanol–water partition coefficient (Wildman–Crippen LogP) is 1.99. The number of allylic oxidation sites excluding steroid dienone is 4. The molecule has 0 fully saturated rings. The molecule has 94 valence electrons. The summed E-state index contributed by atoms with van der Waals surface area (Å²) in [5.74, 6) is 0.301. The molecule has 5 nitrogen and oxygen atoms in total. The highest BCUT2D eigenvalue weighted by Gasteiger charge is 2.13. The van der Waals surface area contributed by atoms with E-state index in [1.54, 1.807) is 12.2 Å². The minimum atomic E-state index is -0.247. The minimum absolute atomic E-state index is 0.132. The van der Waals surface area contributed by atoms with Crippen LogP contribution in [0.1, 0.15) is 13.3 Å². The topological polar surface area (TPSA) is 76.7 Å². The Morgan fingerprint density at radius 3 is 3.00 bits per heavy atom. The van der Waals surface area contributed by atoms with Crippen molar-refractivity contribution in [2.45, 2.75) is 19.4 Å². The summed E-state index contributed by atoms with van der Waals surface area (Å²) >= 11 is 0. The first kappa shape index (κ1) is 12.2. The summed E-state index contributed by atoms with van der Waals surface area (Å²) in [6, 6.07) is -0.247. The van der Waals surface area contributed by atoms with Crippen LogP contribution in [0.5, 0.6) is 0 Å². The number of anilines is 2. The largest absolute Gasteiger partial charge is 0.368 e. The van der Waals surface area contributed by atoms with Crippen LogP contribution in [0.15, 0.2) is 42.0 Å². The van der Waals surface area contributed by atoms with Gasteiger partial charge in [-0.25, -0.2) is 14.4 Å². The van der Waals surface area contributed by atoms with Gasteiger partial charge >= 0.3 is 0 Å². The number of hydrogen-bond acceptors (Lipinski definition) is 5. The van der Waals surface area contributed by atoms with Crippen LogP contribution < -0.4 is 11.1 Å². The van der Waals surface area contributed by atoms with Crippen molar-refractivity contribution in [3.63, 3.8) is 0 Å². The van der Waals surface area contributed by atoms with Gasteiger partial charge in [-0.2, -0.15) is 4.98 Å². The lowest BCUT2D eigenvalue weighted by atomic mass is 10.1. The lowest BCUT2D eigenvalue weighted by molar-refractivity contribution is 0.600. The van der Waals surface area contributed by atoms with Crippen LogP contribution in [0.3, 0.4) is 0 Å². The third-order valence-electron chi connectivity index (χ3n) is 2.54. The van der Waals surface area contributed by atoms with E-state index in [-0.39, 0.29) is 17.8 Å². The van der Waals surface area contributed by atoms with Crippen LogP contribution in [0.25, 0.3) is 0 Å². The van der Waals surface area contributed by atoms with Gasteiger partial charge in [0.25, 0.3) is 0 Å². The number of aromatic nitrogens is 3. The van der Waals surface area contributed by atoms with Gasteiger partial charge in [0.1, 0.15) is 12.2 Å². The molecule has 1 aliphatic carbocycles. The van der Waals surface area contributed by atoms with E-state index in [4.69, 9.17) is 5.73 Å². The molecule has 0 saturated carbocycles. The second-order valence-corrected chi connectivity index (χ2v) is 3.88. The number of hydrogen-bond donors (Lipinski definition) is 2. The third-order valence-corrected chi connectivity index (χ3v) is 2.54. The first-order chi connectivity index (χ1) is 8.66. The molecule has 3 N–H and O–H groups in total. The average molecular weight is 247 g/mol. The number of rotatable bonds is 3. The van der Waals surface area contributed by atoms with Crippen molar-refractivity contribution in [2.24, 2.45) is 0 Å². The van der Waals surface area contributed by atoms with Crippen LogP contribution in [0.4, 0.5) is 16.3 Å². The smallest absolute Gasteiger partial charge is 0.227 e. The quantitative estimate of drug-likeness (QED) is 0.854. The first-order valence-corrected chi connectivity index (χ1v) is 5.59. The number of nitrogens with two attached hydrogens (primary N) is 1. The molecule has 1 aromatic rings. The molecule has 6 heteroatoms. The van der Waals surface area contributed by atoms with E-state index < -0.39 is 0 Å². The molecular formula is C12H14FN5. The lowest BCUT2D eigenvalue weighted by Crippen LogP contribution is -2.20. The maximum absolute atomic E-state index is 13.8. The Kier molecular flexibility index (Phi) is 3.66. The zero-order valence-corrected chi connectivity index (χ0v) is 9.97. The second-order valence-electron chi connectivity index (χ2n) is 3.88. The summed E-state index contributed by atoms with van der Waals surface area (Å²) in [5, 5.41) is 2.99. The highest BCUT2D eigenvalue weighted by molar-refractivity contribution is 5.40. The van der Waals surface area contributed by atoms with Gasteiger partial charge in [0.05, 0.1) is 6.04 Å². The molecule has 0 amide bonds. The molecule has 1 heterocycles. The van der Waals surface area contributed by atoms with Crippen molar-refractivity contribution in [1.82, 2.24) is 15.0 Å². The van der Waals surface area contributed by atoms with Gasteiger partial charge in [0, 0.05) is 12.0 Å². The summed E-state index contributed by atoms with van der Waals surface area (Å²) in [6.45, 7) is 1.84. The SMILES string of the molecule is CC(Nc1ncnc(N)n1)C1=C(F)CC=CC=C1. The summed E-state index contributed by atoms with van der Waals surface area (Å²) in [5.41, 5.74) is 6.04. The number of halogens is 1. The molecule has 18 heavy (non-hydrogen) atoms. The predicted molar refractivity (Wildman–Crippen MR) is 68.4 cm³/mol. The van der Waals surface area contributed by atoms with Crippen molar-refractivity contribution >= 4 is 11.9 Å². The van der Waals surface area contributed by atoms with Gasteiger partial charge in [-0.1, -0.05) is 24.3 Å². The standard InChI is InChI=1S/C12H14FN5/c1-8(9-5-3-2-4-6-10(9)13)17-12-16-7-15-11(14)18-12/h2-5,7-8H,6H2,1H3,(H3,14,15,16,17,18). The Morgan fingerprint density at radius 2 is 2.22 bits per heavy atom. The van der Waals surface area contributed by atoms with E-state index >= 15 is 0 Å². The fraction of sp³-hybridized carbons (Fsp3) is 0.250. The molecular weight excluding hydrogens is 233 g/mol. The van der Waals surface area contributed by atoms with Gasteiger partial charge in [-0.15, -0.1) is 0 Å². The molecule has 0 radical (unpaired) electrons. The Hall–Kier alpha value is -2.24. The van der Waals surface area contributed by atoms with Crippen LogP contribution in [-0.2, 0) is 0 Å². The fourth-order valence-corrected chi connectivity index (χ4v) is 1.65. The second kappa shape index (κ2) is 5.39. The highest BCUT2D eigenvalue weighted by Crippen LogP contribution is 2.20. The van der Waals surface area contributed by atoms with E-state index in [9.17, 15) is 4.39 Å². The van der Waals surface area contributed by atoms with Crippen LogP contribution in [0.2, 0.25) is 0 Å². The third kappa shape index (κ3) is 2.91. The fourth-order valence-electron chi connectivity index (χ4n) is 1.65. The van der Waals surface area contributed by atoms with Gasteiger partial charge in [0.15, 0.2) is 0 Å². The molecule has 1 aliphatic rings. The maximum Gasteiger partial charge on any atom is 0.227 e. The van der Waals surface area contributed by atoms with Gasteiger partial charge < -0.3 is 11.1 Å². The van der Waals surface area contributed by atoms with E-state index in [2.05, 4.69) is 20.3 Å². The summed E-state index contributed by atoms with van der Waals surface area (Å²) in [7, 11) is 0. The zero-order chi connectivity index (χ0) is 13.0. The van der Waals surface area contributed by atoms with Crippen LogP contribution in [-0.4, -0.2) is 21.0 Å². The molecule has 0 spiro atoms. The van der Waals surface area contributed by atoms with E-state index in [0.717, 1.165) is 0 Å². The Labute approximate surface area is 104 Å². The zero-order valence-electron chi connectivity index (χ0n) is 9.97. The van der Waals surface area contributed by atoms with Gasteiger partial charge in [-0.3, -0.25) is 0 Å². The Balaban J connectivity index is 2.15. The molecule has 0 aromatic carbocycles. The van der Waals surface area contributed by atoms with Crippen LogP contribution in [0, 0.1) is 0 Å². The van der Waals surface area contributed by atoms with Crippen LogP contribution >= 0.6 is 0 Å². The lowest BCUT2D eigenvalue weighted by Gasteiger charge is -2.15. The molecule has 2 rings (SSSR count). The Bertz CT molecular complexity index is 521. The van der Waals surface area contributed by atoms with Crippen molar-refractivity contribution in [3.8, 4) is 0 Å².